The molecule has 3 aliphatic rings. The van der Waals surface area contributed by atoms with E-state index in [1.54, 1.807) is 0 Å². The molecule has 1 aromatic rings. The van der Waals surface area contributed by atoms with Crippen molar-refractivity contribution in [3.8, 4) is 0 Å². The maximum Gasteiger partial charge on any atom is 0.273 e. The predicted octanol–water partition coefficient (Wildman–Crippen LogP) is 2.56. The van der Waals surface area contributed by atoms with Crippen LogP contribution < -0.4 is 5.32 Å². The highest BCUT2D eigenvalue weighted by molar-refractivity contribution is 6.43. The number of para-hydroxylation sites is 1. The molecule has 1 saturated carbocycles. The number of hydrogen-bond donors (Lipinski definition) is 1. The molecular formula is C19H23N3O3. The van der Waals surface area contributed by atoms with Crippen LogP contribution in [0.25, 0.3) is 0 Å². The lowest BCUT2D eigenvalue weighted by molar-refractivity contribution is -0.141. The number of carbonyl (C=O) groups is 2. The molecular weight excluding hydrogens is 318 g/mol. The summed E-state index contributed by atoms with van der Waals surface area (Å²) >= 11 is 0. The minimum Gasteiger partial charge on any atom is -0.386 e. The topological polar surface area (TPSA) is 71.0 Å². The average Bonchev–Trinajstić information content (AvgIpc) is 3.35. The van der Waals surface area contributed by atoms with Gasteiger partial charge in [0.2, 0.25) is 5.91 Å². The van der Waals surface area contributed by atoms with Gasteiger partial charge in [-0.1, -0.05) is 23.4 Å². The highest BCUT2D eigenvalue weighted by Gasteiger charge is 2.45. The van der Waals surface area contributed by atoms with Crippen molar-refractivity contribution in [2.45, 2.75) is 44.1 Å². The molecule has 1 unspecified atom stereocenters. The van der Waals surface area contributed by atoms with Crippen LogP contribution in [-0.4, -0.2) is 41.1 Å². The van der Waals surface area contributed by atoms with Crippen LogP contribution in [0.2, 0.25) is 0 Å². The third-order valence-corrected chi connectivity index (χ3v) is 5.19. The van der Waals surface area contributed by atoms with E-state index in [4.69, 9.17) is 4.84 Å². The number of hydrogen-bond acceptors (Lipinski definition) is 4. The molecule has 0 radical (unpaired) electrons. The van der Waals surface area contributed by atoms with Crippen LogP contribution >= 0.6 is 0 Å². The Labute approximate surface area is 147 Å². The van der Waals surface area contributed by atoms with E-state index in [2.05, 4.69) is 10.5 Å². The standard InChI is InChI=1S/C19H23N3O3/c23-17(11-14-7-8-14)22-10-4-9-19(13-22)12-16(21-25-19)18(24)20-15-5-2-1-3-6-15/h1-3,5-6,14H,4,7-13H2,(H,20,24). The Hall–Kier alpha value is -2.37. The fourth-order valence-corrected chi connectivity index (χ4v) is 3.60. The smallest absolute Gasteiger partial charge is 0.273 e. The van der Waals surface area contributed by atoms with Crippen molar-refractivity contribution in [2.24, 2.45) is 11.1 Å². The summed E-state index contributed by atoms with van der Waals surface area (Å²) in [5, 5.41) is 6.89. The zero-order chi connectivity index (χ0) is 17.3. The molecule has 0 bridgehead atoms. The fraction of sp³-hybridized carbons (Fsp3) is 0.526. The number of amides is 2. The van der Waals surface area contributed by atoms with E-state index in [1.807, 2.05) is 35.2 Å². The van der Waals surface area contributed by atoms with Gasteiger partial charge in [0.25, 0.3) is 5.91 Å². The van der Waals surface area contributed by atoms with E-state index >= 15 is 0 Å². The molecule has 6 heteroatoms. The first-order valence-electron chi connectivity index (χ1n) is 9.03. The van der Waals surface area contributed by atoms with E-state index in [0.717, 1.165) is 25.1 Å². The van der Waals surface area contributed by atoms with Crippen molar-refractivity contribution >= 4 is 23.2 Å². The van der Waals surface area contributed by atoms with E-state index in [9.17, 15) is 9.59 Å². The zero-order valence-electron chi connectivity index (χ0n) is 14.2. The van der Waals surface area contributed by atoms with Crippen molar-refractivity contribution in [3.05, 3.63) is 30.3 Å². The maximum absolute atomic E-state index is 12.4. The summed E-state index contributed by atoms with van der Waals surface area (Å²) in [4.78, 5) is 32.4. The minimum atomic E-state index is -0.527. The van der Waals surface area contributed by atoms with Gasteiger partial charge in [0.15, 0.2) is 5.60 Å². The van der Waals surface area contributed by atoms with Crippen LogP contribution in [0, 0.1) is 5.92 Å². The number of nitrogens with zero attached hydrogens (tertiary/aromatic N) is 2. The lowest BCUT2D eigenvalue weighted by Gasteiger charge is -2.38. The van der Waals surface area contributed by atoms with Crippen molar-refractivity contribution in [1.82, 2.24) is 4.90 Å². The number of benzene rings is 1. The van der Waals surface area contributed by atoms with Crippen LogP contribution in [0.1, 0.15) is 38.5 Å². The molecule has 6 nitrogen and oxygen atoms in total. The summed E-state index contributed by atoms with van der Waals surface area (Å²) in [5.74, 6) is 0.565. The first kappa shape index (κ1) is 16.1. The minimum absolute atomic E-state index is 0.215. The lowest BCUT2D eigenvalue weighted by atomic mass is 9.87. The largest absolute Gasteiger partial charge is 0.386 e. The summed E-state index contributed by atoms with van der Waals surface area (Å²) in [6.45, 7) is 1.31. The number of nitrogens with one attached hydrogen (secondary N) is 1. The molecule has 1 N–H and O–H groups in total. The average molecular weight is 341 g/mol. The van der Waals surface area contributed by atoms with Gasteiger partial charge in [-0.05, 0) is 43.7 Å². The third-order valence-electron chi connectivity index (χ3n) is 5.19. The summed E-state index contributed by atoms with van der Waals surface area (Å²) < 4.78 is 0. The van der Waals surface area contributed by atoms with Crippen molar-refractivity contribution in [1.29, 1.82) is 0 Å². The van der Waals surface area contributed by atoms with Gasteiger partial charge < -0.3 is 15.1 Å². The molecule has 0 aromatic heterocycles. The highest BCUT2D eigenvalue weighted by Crippen LogP contribution is 2.36. The van der Waals surface area contributed by atoms with Gasteiger partial charge in [-0.2, -0.15) is 0 Å². The molecule has 1 aliphatic carbocycles. The second kappa shape index (κ2) is 6.50. The van der Waals surface area contributed by atoms with Gasteiger partial charge >= 0.3 is 0 Å². The van der Waals surface area contributed by atoms with Crippen LogP contribution in [0.5, 0.6) is 0 Å². The molecule has 2 aliphatic heterocycles. The van der Waals surface area contributed by atoms with Gasteiger partial charge in [0.05, 0.1) is 6.54 Å². The molecule has 1 atom stereocenters. The van der Waals surface area contributed by atoms with Crippen LogP contribution in [0.15, 0.2) is 35.5 Å². The van der Waals surface area contributed by atoms with Crippen LogP contribution in [-0.2, 0) is 14.4 Å². The quantitative estimate of drug-likeness (QED) is 0.915. The number of anilines is 1. The molecule has 1 spiro atoms. The fourth-order valence-electron chi connectivity index (χ4n) is 3.60. The third kappa shape index (κ3) is 3.67. The Balaban J connectivity index is 1.36. The number of carbonyl (C=O) groups excluding carboxylic acids is 2. The van der Waals surface area contributed by atoms with E-state index < -0.39 is 5.60 Å². The van der Waals surface area contributed by atoms with E-state index in [1.165, 1.54) is 12.8 Å². The van der Waals surface area contributed by atoms with Crippen LogP contribution in [0.3, 0.4) is 0 Å². The summed E-state index contributed by atoms with van der Waals surface area (Å²) in [6.07, 6.45) is 5.17. The first-order valence-corrected chi connectivity index (χ1v) is 9.03. The first-order chi connectivity index (χ1) is 12.1. The zero-order valence-corrected chi connectivity index (χ0v) is 14.2. The van der Waals surface area contributed by atoms with Gasteiger partial charge in [0.1, 0.15) is 5.71 Å². The van der Waals surface area contributed by atoms with E-state index in [-0.39, 0.29) is 11.8 Å². The molecule has 2 fully saturated rings. The Kier molecular flexibility index (Phi) is 4.19. The Morgan fingerprint density at radius 2 is 2.08 bits per heavy atom. The van der Waals surface area contributed by atoms with Crippen molar-refractivity contribution in [2.75, 3.05) is 18.4 Å². The van der Waals surface area contributed by atoms with Gasteiger partial charge in [-0.15, -0.1) is 0 Å². The van der Waals surface area contributed by atoms with Gasteiger partial charge in [-0.25, -0.2) is 0 Å². The molecule has 4 rings (SSSR count). The normalized spacial score (nSPS) is 25.4. The second-order valence-corrected chi connectivity index (χ2v) is 7.38. The van der Waals surface area contributed by atoms with Gasteiger partial charge in [0, 0.05) is 25.1 Å². The SMILES string of the molecule is O=C(Nc1ccccc1)C1=NOC2(CCCN(C(=O)CC3CC3)C2)C1. The number of likely N-dealkylation sites (tertiary alicyclic amines) is 1. The molecule has 2 amide bonds. The molecule has 25 heavy (non-hydrogen) atoms. The van der Waals surface area contributed by atoms with Crippen LogP contribution in [0.4, 0.5) is 5.69 Å². The maximum atomic E-state index is 12.4. The Bertz CT molecular complexity index is 699. The van der Waals surface area contributed by atoms with Crippen molar-refractivity contribution < 1.29 is 14.4 Å². The number of piperidine rings is 1. The van der Waals surface area contributed by atoms with Crippen molar-refractivity contribution in [3.63, 3.8) is 0 Å². The molecule has 1 saturated heterocycles. The summed E-state index contributed by atoms with van der Waals surface area (Å²) in [5.41, 5.74) is 0.613. The molecule has 2 heterocycles. The number of rotatable bonds is 4. The second-order valence-electron chi connectivity index (χ2n) is 7.38. The monoisotopic (exact) mass is 341 g/mol. The molecule has 132 valence electrons. The highest BCUT2D eigenvalue weighted by atomic mass is 16.7. The summed E-state index contributed by atoms with van der Waals surface area (Å²) in [7, 11) is 0. The van der Waals surface area contributed by atoms with Gasteiger partial charge in [-0.3, -0.25) is 9.59 Å². The number of oxime groups is 1. The predicted molar refractivity (Wildman–Crippen MR) is 94.1 cm³/mol. The lowest BCUT2D eigenvalue weighted by Crippen LogP contribution is -2.50. The Morgan fingerprint density at radius 1 is 1.28 bits per heavy atom. The Morgan fingerprint density at radius 3 is 2.84 bits per heavy atom. The van der Waals surface area contributed by atoms with E-state index in [0.29, 0.717) is 31.0 Å². The molecule has 1 aromatic carbocycles. The summed E-state index contributed by atoms with van der Waals surface area (Å²) in [6, 6.07) is 9.31.